The van der Waals surface area contributed by atoms with Crippen LogP contribution in [0.5, 0.6) is 0 Å². The first kappa shape index (κ1) is 21.8. The third-order valence-corrected chi connectivity index (χ3v) is 8.27. The van der Waals surface area contributed by atoms with Gasteiger partial charge in [0.15, 0.2) is 0 Å². The lowest BCUT2D eigenvalue weighted by Crippen LogP contribution is -2.00. The highest BCUT2D eigenvalue weighted by Gasteiger charge is 2.23. The maximum atomic E-state index is 3.93. The molecule has 0 heterocycles. The van der Waals surface area contributed by atoms with Gasteiger partial charge in [-0.3, -0.25) is 0 Å². The van der Waals surface area contributed by atoms with E-state index in [0.717, 1.165) is 21.8 Å². The predicted octanol–water partition coefficient (Wildman–Crippen LogP) is 10.8. The SMILES string of the molecule is CCCCc1c(-c2ccccc2)c2cc(Br)c3cccc4c(Br)cc(c1-c1ccccc1)c2c34. The Morgan fingerprint density at radius 1 is 0.559 bits per heavy atom. The fraction of sp³-hybridized carbons (Fsp3) is 0.125. The molecule has 0 atom stereocenters. The van der Waals surface area contributed by atoms with E-state index in [9.17, 15) is 0 Å². The first-order chi connectivity index (χ1) is 16.7. The van der Waals surface area contributed by atoms with E-state index in [2.05, 4.69) is 130 Å². The topological polar surface area (TPSA) is 0 Å². The molecule has 0 saturated carbocycles. The van der Waals surface area contributed by atoms with Gasteiger partial charge in [-0.15, -0.1) is 0 Å². The summed E-state index contributed by atoms with van der Waals surface area (Å²) in [5.74, 6) is 0. The molecule has 0 aliphatic rings. The number of benzene rings is 6. The molecule has 2 heteroatoms. The highest BCUT2D eigenvalue weighted by atomic mass is 79.9. The van der Waals surface area contributed by atoms with E-state index in [0.29, 0.717) is 0 Å². The maximum absolute atomic E-state index is 3.93. The second kappa shape index (κ2) is 8.83. The fourth-order valence-corrected chi connectivity index (χ4v) is 6.62. The van der Waals surface area contributed by atoms with Gasteiger partial charge in [-0.2, -0.15) is 0 Å². The smallest absolute Gasteiger partial charge is 0.0260 e. The molecule has 0 radical (unpaired) electrons. The van der Waals surface area contributed by atoms with Crippen LogP contribution in [0.1, 0.15) is 25.3 Å². The van der Waals surface area contributed by atoms with Crippen molar-refractivity contribution in [3.8, 4) is 22.3 Å². The molecule has 6 rings (SSSR count). The van der Waals surface area contributed by atoms with E-state index in [1.807, 2.05) is 0 Å². The summed E-state index contributed by atoms with van der Waals surface area (Å²) in [7, 11) is 0. The van der Waals surface area contributed by atoms with Crippen molar-refractivity contribution in [3.63, 3.8) is 0 Å². The van der Waals surface area contributed by atoms with Crippen molar-refractivity contribution >= 4 is 64.2 Å². The molecule has 0 amide bonds. The van der Waals surface area contributed by atoms with Gasteiger partial charge >= 0.3 is 0 Å². The van der Waals surface area contributed by atoms with Crippen LogP contribution in [0.15, 0.2) is 99.9 Å². The number of hydrogen-bond acceptors (Lipinski definition) is 0. The summed E-state index contributed by atoms with van der Waals surface area (Å²) in [5, 5.41) is 7.86. The van der Waals surface area contributed by atoms with E-state index in [4.69, 9.17) is 0 Å². The molecule has 0 N–H and O–H groups in total. The van der Waals surface area contributed by atoms with Crippen LogP contribution in [0.25, 0.3) is 54.6 Å². The molecule has 0 aromatic heterocycles. The van der Waals surface area contributed by atoms with Crippen molar-refractivity contribution in [2.24, 2.45) is 0 Å². The van der Waals surface area contributed by atoms with Crippen molar-refractivity contribution in [1.29, 1.82) is 0 Å². The van der Waals surface area contributed by atoms with E-state index in [1.54, 1.807) is 0 Å². The Bertz CT molecular complexity index is 1520. The molecule has 0 nitrogen and oxygen atoms in total. The highest BCUT2D eigenvalue weighted by molar-refractivity contribution is 9.11. The molecule has 166 valence electrons. The van der Waals surface area contributed by atoms with Crippen molar-refractivity contribution in [1.82, 2.24) is 0 Å². The van der Waals surface area contributed by atoms with Crippen LogP contribution in [0.3, 0.4) is 0 Å². The summed E-state index contributed by atoms with van der Waals surface area (Å²) in [6.07, 6.45) is 3.38. The van der Waals surface area contributed by atoms with Gasteiger partial charge in [0.05, 0.1) is 0 Å². The quantitative estimate of drug-likeness (QED) is 0.182. The van der Waals surface area contributed by atoms with Gasteiger partial charge in [-0.25, -0.2) is 0 Å². The van der Waals surface area contributed by atoms with Crippen LogP contribution in [-0.4, -0.2) is 0 Å². The minimum Gasteiger partial charge on any atom is -0.0654 e. The molecule has 0 spiro atoms. The molecular formula is C32H24Br2. The lowest BCUT2D eigenvalue weighted by Gasteiger charge is -2.24. The third kappa shape index (κ3) is 3.39. The average molecular weight is 568 g/mol. The normalized spacial score (nSPS) is 11.7. The first-order valence-corrected chi connectivity index (χ1v) is 13.5. The van der Waals surface area contributed by atoms with Gasteiger partial charge in [-0.1, -0.05) is 124 Å². The summed E-state index contributed by atoms with van der Waals surface area (Å²) >= 11 is 7.87. The molecule has 0 aliphatic heterocycles. The molecule has 6 aromatic rings. The van der Waals surface area contributed by atoms with E-state index >= 15 is 0 Å². The Labute approximate surface area is 217 Å². The Balaban J connectivity index is 1.92. The monoisotopic (exact) mass is 566 g/mol. The number of rotatable bonds is 5. The van der Waals surface area contributed by atoms with Gasteiger partial charge in [0, 0.05) is 8.95 Å². The molecule has 0 bridgehead atoms. The third-order valence-electron chi connectivity index (χ3n) is 6.96. The Hall–Kier alpha value is -2.68. The van der Waals surface area contributed by atoms with Crippen LogP contribution in [-0.2, 0) is 6.42 Å². The largest absolute Gasteiger partial charge is 0.0654 e. The molecule has 6 aromatic carbocycles. The molecule has 0 unspecified atom stereocenters. The minimum absolute atomic E-state index is 1.05. The van der Waals surface area contributed by atoms with Gasteiger partial charge in [-0.05, 0) is 85.1 Å². The number of halogens is 2. The van der Waals surface area contributed by atoms with Crippen LogP contribution >= 0.6 is 31.9 Å². The summed E-state index contributed by atoms with van der Waals surface area (Å²) in [6, 6.07) is 33.2. The number of unbranched alkanes of at least 4 members (excludes halogenated alkanes) is 1. The summed E-state index contributed by atoms with van der Waals surface area (Å²) in [6.45, 7) is 2.28. The standard InChI is InChI=1S/C32H24Br2/c1-2-3-15-24-29(20-11-6-4-7-12-20)25-18-27(33)22-16-10-17-23-28(34)19-26(32(25)31(22)23)30(24)21-13-8-5-9-14-21/h4-14,16-19H,2-3,15H2,1H3. The molecular weight excluding hydrogens is 544 g/mol. The molecule has 34 heavy (non-hydrogen) atoms. The lowest BCUT2D eigenvalue weighted by molar-refractivity contribution is 0.798. The van der Waals surface area contributed by atoms with E-state index in [-0.39, 0.29) is 0 Å². The summed E-state index contributed by atoms with van der Waals surface area (Å²) in [5.41, 5.74) is 6.76. The second-order valence-electron chi connectivity index (χ2n) is 8.98. The average Bonchev–Trinajstić information content (AvgIpc) is 2.87. The van der Waals surface area contributed by atoms with Crippen molar-refractivity contribution in [2.45, 2.75) is 26.2 Å². The Morgan fingerprint density at radius 2 is 1.03 bits per heavy atom. The van der Waals surface area contributed by atoms with Crippen LogP contribution in [0.2, 0.25) is 0 Å². The van der Waals surface area contributed by atoms with Crippen LogP contribution in [0.4, 0.5) is 0 Å². The van der Waals surface area contributed by atoms with Crippen molar-refractivity contribution < 1.29 is 0 Å². The second-order valence-corrected chi connectivity index (χ2v) is 10.7. The van der Waals surface area contributed by atoms with Crippen LogP contribution < -0.4 is 0 Å². The minimum atomic E-state index is 1.05. The molecule has 0 saturated heterocycles. The van der Waals surface area contributed by atoms with Crippen molar-refractivity contribution in [3.05, 3.63) is 106 Å². The van der Waals surface area contributed by atoms with E-state index < -0.39 is 0 Å². The Kier molecular flexibility index (Phi) is 5.67. The fourth-order valence-electron chi connectivity index (χ4n) is 5.50. The molecule has 0 aliphatic carbocycles. The van der Waals surface area contributed by atoms with E-state index in [1.165, 1.54) is 66.6 Å². The van der Waals surface area contributed by atoms with Gasteiger partial charge < -0.3 is 0 Å². The zero-order valence-corrected chi connectivity index (χ0v) is 22.2. The zero-order chi connectivity index (χ0) is 23.2. The van der Waals surface area contributed by atoms with Gasteiger partial charge in [0.25, 0.3) is 0 Å². The maximum Gasteiger partial charge on any atom is 0.0260 e. The summed E-state index contributed by atoms with van der Waals surface area (Å²) in [4.78, 5) is 0. The van der Waals surface area contributed by atoms with Crippen LogP contribution in [0, 0.1) is 0 Å². The summed E-state index contributed by atoms with van der Waals surface area (Å²) < 4.78 is 2.30. The molecule has 0 fully saturated rings. The first-order valence-electron chi connectivity index (χ1n) is 11.9. The Morgan fingerprint density at radius 3 is 1.50 bits per heavy atom. The highest BCUT2D eigenvalue weighted by Crippen LogP contribution is 2.50. The zero-order valence-electron chi connectivity index (χ0n) is 19.0. The van der Waals surface area contributed by atoms with Gasteiger partial charge in [0.2, 0.25) is 0 Å². The number of hydrogen-bond donors (Lipinski definition) is 0. The lowest BCUT2D eigenvalue weighted by atomic mass is 9.80. The van der Waals surface area contributed by atoms with Crippen molar-refractivity contribution in [2.75, 3.05) is 0 Å². The van der Waals surface area contributed by atoms with Gasteiger partial charge in [0.1, 0.15) is 0 Å². The predicted molar refractivity (Wildman–Crippen MR) is 155 cm³/mol.